The number of aryl methyl sites for hydroxylation is 1. The van der Waals surface area contributed by atoms with E-state index in [-0.39, 0.29) is 23.1 Å². The van der Waals surface area contributed by atoms with Crippen molar-refractivity contribution in [3.63, 3.8) is 0 Å². The van der Waals surface area contributed by atoms with Crippen molar-refractivity contribution < 1.29 is 44.5 Å². The number of furan rings is 1. The quantitative estimate of drug-likeness (QED) is 0.107. The number of nitrogens with one attached hydrogen (secondary N) is 2. The maximum absolute atomic E-state index is 13.5. The molecular formula is C36H34ClFN4O7S2. The van der Waals surface area contributed by atoms with Gasteiger partial charge in [-0.25, -0.2) is 22.8 Å². The van der Waals surface area contributed by atoms with Crippen LogP contribution in [-0.4, -0.2) is 49.7 Å². The standard InChI is InChI=1S/C29H26ClFN4O4S.C7H8O3S/c1-40(36,37)12-11-32-16-23-7-10-27(39-23)20-5-8-26-24(14-20)29(34-18-33-26)35-22-6-9-28(25(30)15-22)38-17-19-3-2-4-21(31)13-19;1-6-2-4-7(5-3-6)11(8,9)10/h2-10,13-15,18,32H,11-12,16-17H2,1H3,(H,33,34,35);2-5H,1H3,(H,8,9,10)/i1D3,11D2,12D2;. The molecular weight excluding hydrogens is 719 g/mol. The first kappa shape index (κ1) is 28.8. The van der Waals surface area contributed by atoms with Crippen molar-refractivity contribution in [3.05, 3.63) is 131 Å². The van der Waals surface area contributed by atoms with Crippen LogP contribution in [0.3, 0.4) is 0 Å². The highest BCUT2D eigenvalue weighted by molar-refractivity contribution is 7.90. The molecule has 0 radical (unpaired) electrons. The van der Waals surface area contributed by atoms with Crippen molar-refractivity contribution in [1.82, 2.24) is 15.3 Å². The number of halogens is 2. The van der Waals surface area contributed by atoms with Crippen LogP contribution in [0.15, 0.2) is 113 Å². The normalized spacial score (nSPS) is 14.4. The lowest BCUT2D eigenvalue weighted by molar-refractivity contribution is 0.306. The molecule has 6 rings (SSSR count). The molecule has 0 spiro atoms. The van der Waals surface area contributed by atoms with Gasteiger partial charge < -0.3 is 19.8 Å². The first-order valence-corrected chi connectivity index (χ1v) is 18.1. The Morgan fingerprint density at radius 3 is 2.51 bits per heavy atom. The molecule has 0 saturated heterocycles. The zero-order valence-corrected chi connectivity index (χ0v) is 29.0. The van der Waals surface area contributed by atoms with Crippen LogP contribution in [0, 0.1) is 12.7 Å². The SMILES string of the molecule is Cc1ccc(S(=O)(=O)O)cc1.[2H]C([2H])(NCc1ccc(-c2ccc3ncnc(Nc4ccc(OCc5cccc(F)c5)c(Cl)c4)c3c2)o1)C([2H])([2H])S(=O)(=O)C([2H])([2H])[2H]. The van der Waals surface area contributed by atoms with Crippen LogP contribution in [0.4, 0.5) is 15.9 Å². The lowest BCUT2D eigenvalue weighted by Crippen LogP contribution is -2.21. The van der Waals surface area contributed by atoms with Gasteiger partial charge in [0.25, 0.3) is 10.1 Å². The Hall–Kier alpha value is -4.86. The number of ether oxygens (including phenoxy) is 1. The van der Waals surface area contributed by atoms with Crippen molar-refractivity contribution in [1.29, 1.82) is 0 Å². The van der Waals surface area contributed by atoms with E-state index in [4.69, 9.17) is 34.9 Å². The third-order valence-corrected chi connectivity index (χ3v) is 8.45. The first-order valence-electron chi connectivity index (χ1n) is 18.3. The zero-order valence-electron chi connectivity index (χ0n) is 33.6. The highest BCUT2D eigenvalue weighted by Crippen LogP contribution is 2.33. The van der Waals surface area contributed by atoms with Gasteiger partial charge >= 0.3 is 0 Å². The number of benzene rings is 4. The molecule has 0 fully saturated rings. The molecule has 2 heterocycles. The van der Waals surface area contributed by atoms with Crippen molar-refractivity contribution in [2.24, 2.45) is 0 Å². The van der Waals surface area contributed by atoms with Gasteiger partial charge in [0.15, 0.2) is 0 Å². The number of fused-ring (bicyclic) bond motifs is 1. The lowest BCUT2D eigenvalue weighted by Gasteiger charge is -2.12. The molecule has 0 amide bonds. The number of hydrogen-bond donors (Lipinski definition) is 3. The number of rotatable bonds is 12. The third-order valence-electron chi connectivity index (χ3n) is 6.91. The topological polar surface area (TPSA) is 161 Å². The second-order valence-corrected chi connectivity index (χ2v) is 13.8. The molecule has 0 bridgehead atoms. The van der Waals surface area contributed by atoms with Gasteiger partial charge in [0, 0.05) is 38.9 Å². The fourth-order valence-corrected chi connectivity index (χ4v) is 5.42. The predicted octanol–water partition coefficient (Wildman–Crippen LogP) is 7.38. The summed E-state index contributed by atoms with van der Waals surface area (Å²) >= 11 is 6.45. The van der Waals surface area contributed by atoms with E-state index >= 15 is 0 Å². The highest BCUT2D eigenvalue weighted by atomic mass is 35.5. The van der Waals surface area contributed by atoms with Gasteiger partial charge in [-0.15, -0.1) is 0 Å². The summed E-state index contributed by atoms with van der Waals surface area (Å²) in [5.74, 6) is 0.961. The van der Waals surface area contributed by atoms with Crippen LogP contribution in [-0.2, 0) is 33.1 Å². The summed E-state index contributed by atoms with van der Waals surface area (Å²) in [4.78, 5) is 8.59. The van der Waals surface area contributed by atoms with Crippen LogP contribution >= 0.6 is 11.6 Å². The minimum absolute atomic E-state index is 0.0666. The van der Waals surface area contributed by atoms with Crippen molar-refractivity contribution in [2.45, 2.75) is 25.0 Å². The molecule has 0 aliphatic rings. The van der Waals surface area contributed by atoms with E-state index in [1.807, 2.05) is 6.92 Å². The molecule has 6 aromatic rings. The van der Waals surface area contributed by atoms with Crippen LogP contribution in [0.5, 0.6) is 5.75 Å². The van der Waals surface area contributed by atoms with Crippen LogP contribution in [0.2, 0.25) is 5.02 Å². The zero-order chi connectivity index (χ0) is 42.7. The Morgan fingerprint density at radius 2 is 1.78 bits per heavy atom. The molecule has 0 unspecified atom stereocenters. The summed E-state index contributed by atoms with van der Waals surface area (Å²) in [7, 11) is -9.54. The number of anilines is 2. The summed E-state index contributed by atoms with van der Waals surface area (Å²) in [6.45, 7) is -1.76. The van der Waals surface area contributed by atoms with Crippen LogP contribution < -0.4 is 15.4 Å². The molecule has 51 heavy (non-hydrogen) atoms. The Kier molecular flexibility index (Phi) is 9.28. The van der Waals surface area contributed by atoms with Crippen LogP contribution in [0.25, 0.3) is 22.2 Å². The summed E-state index contributed by atoms with van der Waals surface area (Å²) in [5.41, 5.74) is -0.382. The molecule has 3 N–H and O–H groups in total. The first-order chi connectivity index (χ1) is 27.0. The van der Waals surface area contributed by atoms with E-state index < -0.39 is 44.9 Å². The molecule has 266 valence electrons. The molecule has 15 heteroatoms. The van der Waals surface area contributed by atoms with Crippen molar-refractivity contribution in [2.75, 3.05) is 23.7 Å². The van der Waals surface area contributed by atoms with Crippen molar-refractivity contribution in [3.8, 4) is 17.1 Å². The number of aromatic nitrogens is 2. The fourth-order valence-electron chi connectivity index (χ4n) is 4.50. The predicted molar refractivity (Wildman–Crippen MR) is 195 cm³/mol. The Bertz CT molecular complexity index is 2650. The summed E-state index contributed by atoms with van der Waals surface area (Å²) < 4.78 is 132. The van der Waals surface area contributed by atoms with Gasteiger partial charge in [-0.3, -0.25) is 4.55 Å². The van der Waals surface area contributed by atoms with Gasteiger partial charge in [-0.2, -0.15) is 8.42 Å². The van der Waals surface area contributed by atoms with E-state index in [9.17, 15) is 21.2 Å². The third kappa shape index (κ3) is 11.1. The molecule has 4 aromatic carbocycles. The van der Waals surface area contributed by atoms with Gasteiger partial charge in [-0.05, 0) is 85.3 Å². The number of nitrogens with zero attached hydrogens (tertiary/aromatic N) is 2. The van der Waals surface area contributed by atoms with Gasteiger partial charge in [0.2, 0.25) is 0 Å². The fraction of sp³-hybridized carbons (Fsp3) is 0.167. The Morgan fingerprint density at radius 1 is 0.980 bits per heavy atom. The molecule has 0 atom stereocenters. The van der Waals surface area contributed by atoms with E-state index in [0.29, 0.717) is 50.1 Å². The number of hydrogen-bond acceptors (Lipinski definition) is 10. The largest absolute Gasteiger partial charge is 0.487 e. The molecule has 0 aliphatic carbocycles. The smallest absolute Gasteiger partial charge is 0.294 e. The van der Waals surface area contributed by atoms with Crippen molar-refractivity contribution >= 4 is 54.0 Å². The summed E-state index contributed by atoms with van der Waals surface area (Å²) in [6.07, 6.45) is -2.37. The lowest BCUT2D eigenvalue weighted by atomic mass is 10.1. The maximum atomic E-state index is 13.5. The molecule has 11 nitrogen and oxygen atoms in total. The minimum Gasteiger partial charge on any atom is -0.487 e. The molecule has 2 aromatic heterocycles. The second-order valence-electron chi connectivity index (χ2n) is 10.8. The van der Waals surface area contributed by atoms with E-state index in [1.54, 1.807) is 66.7 Å². The Balaban J connectivity index is 0.000000503. The van der Waals surface area contributed by atoms with Crippen LogP contribution in [0.1, 0.15) is 26.5 Å². The highest BCUT2D eigenvalue weighted by Gasteiger charge is 2.12. The minimum atomic E-state index is -5.52. The van der Waals surface area contributed by atoms with E-state index in [2.05, 4.69) is 20.6 Å². The van der Waals surface area contributed by atoms with Gasteiger partial charge in [0.1, 0.15) is 51.7 Å². The molecule has 0 saturated carbocycles. The summed E-state index contributed by atoms with van der Waals surface area (Å²) in [6, 6.07) is 25.4. The monoisotopic (exact) mass is 759 g/mol. The Labute approximate surface area is 310 Å². The average Bonchev–Trinajstić information content (AvgIpc) is 3.63. The average molecular weight is 760 g/mol. The van der Waals surface area contributed by atoms with E-state index in [1.165, 1.54) is 36.7 Å². The summed E-state index contributed by atoms with van der Waals surface area (Å²) in [5, 5.41) is 6.26. The maximum Gasteiger partial charge on any atom is 0.294 e. The van der Waals surface area contributed by atoms with Gasteiger partial charge in [0.05, 0.1) is 27.7 Å². The van der Waals surface area contributed by atoms with Gasteiger partial charge in [-0.1, -0.05) is 41.4 Å². The van der Waals surface area contributed by atoms with E-state index in [0.717, 1.165) is 5.56 Å². The number of sulfone groups is 1. The molecule has 0 aliphatic heterocycles. The second kappa shape index (κ2) is 16.4.